The van der Waals surface area contributed by atoms with Crippen molar-refractivity contribution in [2.75, 3.05) is 5.32 Å². The number of aromatic hydroxyl groups is 1. The zero-order valence-electron chi connectivity index (χ0n) is 13.3. The Labute approximate surface area is 134 Å². The fraction of sp³-hybridized carbons (Fsp3) is 0.222. The second-order valence-corrected chi connectivity index (χ2v) is 5.55. The van der Waals surface area contributed by atoms with Gasteiger partial charge >= 0.3 is 0 Å². The van der Waals surface area contributed by atoms with Crippen LogP contribution in [-0.4, -0.2) is 16.0 Å². The maximum absolute atomic E-state index is 11.3. The first-order valence-electron chi connectivity index (χ1n) is 7.49. The maximum atomic E-state index is 11.3. The molecule has 5 heteroatoms. The second-order valence-electron chi connectivity index (χ2n) is 5.55. The number of anilines is 1. The number of benzene rings is 2. The average molecular weight is 310 g/mol. The monoisotopic (exact) mass is 310 g/mol. The standard InChI is InChI=1S/C18H18N2O3/c1-4-12-5-6-16-15(8-12)20-18(23-16)14-9-13(19-11(3)21)7-10(2)17(14)22/h5-9,22H,4H2,1-3H3,(H,19,21). The number of carbonyl (C=O) groups is 1. The van der Waals surface area contributed by atoms with E-state index in [2.05, 4.69) is 17.2 Å². The molecule has 2 N–H and O–H groups in total. The fourth-order valence-electron chi connectivity index (χ4n) is 2.53. The first kappa shape index (κ1) is 15.1. The van der Waals surface area contributed by atoms with Crippen molar-refractivity contribution in [3.63, 3.8) is 0 Å². The molecule has 1 amide bonds. The molecular weight excluding hydrogens is 292 g/mol. The normalized spacial score (nSPS) is 10.9. The molecule has 0 aliphatic carbocycles. The number of phenolic OH excluding ortho intramolecular Hbond substituents is 1. The summed E-state index contributed by atoms with van der Waals surface area (Å²) in [5.74, 6) is 0.258. The maximum Gasteiger partial charge on any atom is 0.231 e. The smallest absolute Gasteiger partial charge is 0.231 e. The summed E-state index contributed by atoms with van der Waals surface area (Å²) in [7, 11) is 0. The fourth-order valence-corrected chi connectivity index (χ4v) is 2.53. The summed E-state index contributed by atoms with van der Waals surface area (Å²) in [6.45, 7) is 5.28. The Kier molecular flexibility index (Phi) is 3.78. The number of hydrogen-bond acceptors (Lipinski definition) is 4. The Balaban J connectivity index is 2.13. The molecule has 5 nitrogen and oxygen atoms in total. The molecule has 0 unspecified atom stereocenters. The Hall–Kier alpha value is -2.82. The van der Waals surface area contributed by atoms with Gasteiger partial charge in [-0.3, -0.25) is 4.79 Å². The van der Waals surface area contributed by atoms with E-state index in [0.717, 1.165) is 11.9 Å². The molecule has 3 aromatic rings. The zero-order valence-corrected chi connectivity index (χ0v) is 13.3. The summed E-state index contributed by atoms with van der Waals surface area (Å²) in [6, 6.07) is 9.22. The van der Waals surface area contributed by atoms with Crippen LogP contribution in [0.2, 0.25) is 0 Å². The number of aromatic nitrogens is 1. The number of amides is 1. The van der Waals surface area contributed by atoms with Gasteiger partial charge in [-0.25, -0.2) is 4.98 Å². The van der Waals surface area contributed by atoms with Crippen molar-refractivity contribution in [1.82, 2.24) is 4.98 Å². The molecule has 0 radical (unpaired) electrons. The van der Waals surface area contributed by atoms with E-state index >= 15 is 0 Å². The lowest BCUT2D eigenvalue weighted by atomic mass is 10.1. The number of fused-ring (bicyclic) bond motifs is 1. The molecule has 0 spiro atoms. The third kappa shape index (κ3) is 2.90. The van der Waals surface area contributed by atoms with E-state index in [1.165, 1.54) is 12.5 Å². The van der Waals surface area contributed by atoms with Crippen LogP contribution in [0, 0.1) is 6.92 Å². The molecule has 1 heterocycles. The molecule has 0 aliphatic rings. The van der Waals surface area contributed by atoms with E-state index in [9.17, 15) is 9.90 Å². The summed E-state index contributed by atoms with van der Waals surface area (Å²) in [5.41, 5.74) is 4.29. The molecule has 0 saturated carbocycles. The Morgan fingerprint density at radius 3 is 2.78 bits per heavy atom. The van der Waals surface area contributed by atoms with Gasteiger partial charge in [0.25, 0.3) is 0 Å². The van der Waals surface area contributed by atoms with E-state index in [4.69, 9.17) is 4.42 Å². The van der Waals surface area contributed by atoms with Gasteiger partial charge in [0.15, 0.2) is 5.58 Å². The second kappa shape index (κ2) is 5.76. The molecule has 2 aromatic carbocycles. The highest BCUT2D eigenvalue weighted by Gasteiger charge is 2.16. The molecule has 0 fully saturated rings. The highest BCUT2D eigenvalue weighted by molar-refractivity contribution is 5.90. The van der Waals surface area contributed by atoms with Gasteiger partial charge < -0.3 is 14.8 Å². The first-order chi connectivity index (χ1) is 11.0. The average Bonchev–Trinajstić information content (AvgIpc) is 2.92. The van der Waals surface area contributed by atoms with Crippen molar-refractivity contribution >= 4 is 22.7 Å². The van der Waals surface area contributed by atoms with Gasteiger partial charge in [0.2, 0.25) is 11.8 Å². The minimum atomic E-state index is -0.175. The summed E-state index contributed by atoms with van der Waals surface area (Å²) in [4.78, 5) is 15.7. The highest BCUT2D eigenvalue weighted by atomic mass is 16.3. The van der Waals surface area contributed by atoms with Crippen molar-refractivity contribution in [1.29, 1.82) is 0 Å². The van der Waals surface area contributed by atoms with Gasteiger partial charge in [0.1, 0.15) is 11.3 Å². The predicted octanol–water partition coefficient (Wildman–Crippen LogP) is 4.03. The van der Waals surface area contributed by atoms with Crippen molar-refractivity contribution in [2.45, 2.75) is 27.2 Å². The summed E-state index contributed by atoms with van der Waals surface area (Å²) < 4.78 is 5.77. The van der Waals surface area contributed by atoms with Gasteiger partial charge in [0.05, 0.1) is 5.56 Å². The molecular formula is C18H18N2O3. The van der Waals surface area contributed by atoms with Gasteiger partial charge in [-0.2, -0.15) is 0 Å². The number of oxazole rings is 1. The lowest BCUT2D eigenvalue weighted by Crippen LogP contribution is -2.06. The minimum Gasteiger partial charge on any atom is -0.507 e. The third-order valence-electron chi connectivity index (χ3n) is 3.71. The van der Waals surface area contributed by atoms with Crippen LogP contribution in [0.25, 0.3) is 22.6 Å². The topological polar surface area (TPSA) is 75.4 Å². The zero-order chi connectivity index (χ0) is 16.6. The van der Waals surface area contributed by atoms with Crippen LogP contribution in [0.15, 0.2) is 34.7 Å². The van der Waals surface area contributed by atoms with E-state index in [0.29, 0.717) is 28.3 Å². The molecule has 23 heavy (non-hydrogen) atoms. The van der Waals surface area contributed by atoms with Gasteiger partial charge in [-0.05, 0) is 48.7 Å². The largest absolute Gasteiger partial charge is 0.507 e. The molecule has 0 bridgehead atoms. The SMILES string of the molecule is CCc1ccc2oc(-c3cc(NC(C)=O)cc(C)c3O)nc2c1. The molecule has 118 valence electrons. The van der Waals surface area contributed by atoms with Crippen LogP contribution in [0.5, 0.6) is 5.75 Å². The van der Waals surface area contributed by atoms with Crippen LogP contribution >= 0.6 is 0 Å². The van der Waals surface area contributed by atoms with E-state index in [1.54, 1.807) is 19.1 Å². The molecule has 0 saturated heterocycles. The molecule has 0 aliphatic heterocycles. The Morgan fingerprint density at radius 2 is 2.09 bits per heavy atom. The number of carbonyl (C=O) groups excluding carboxylic acids is 1. The lowest BCUT2D eigenvalue weighted by molar-refractivity contribution is -0.114. The Morgan fingerprint density at radius 1 is 1.30 bits per heavy atom. The van der Waals surface area contributed by atoms with Crippen LogP contribution in [0.4, 0.5) is 5.69 Å². The van der Waals surface area contributed by atoms with E-state index in [1.807, 2.05) is 18.2 Å². The van der Waals surface area contributed by atoms with Crippen LogP contribution in [-0.2, 0) is 11.2 Å². The first-order valence-corrected chi connectivity index (χ1v) is 7.49. The number of aryl methyl sites for hydroxylation is 2. The van der Waals surface area contributed by atoms with Gasteiger partial charge in [0, 0.05) is 12.6 Å². The number of nitrogens with zero attached hydrogens (tertiary/aromatic N) is 1. The number of phenols is 1. The van der Waals surface area contributed by atoms with Crippen molar-refractivity contribution < 1.29 is 14.3 Å². The van der Waals surface area contributed by atoms with Crippen LogP contribution in [0.1, 0.15) is 25.0 Å². The molecule has 1 aromatic heterocycles. The predicted molar refractivity (Wildman–Crippen MR) is 89.5 cm³/mol. The number of nitrogens with one attached hydrogen (secondary N) is 1. The van der Waals surface area contributed by atoms with Gasteiger partial charge in [-0.1, -0.05) is 13.0 Å². The van der Waals surface area contributed by atoms with Gasteiger partial charge in [-0.15, -0.1) is 0 Å². The van der Waals surface area contributed by atoms with Crippen LogP contribution in [0.3, 0.4) is 0 Å². The van der Waals surface area contributed by atoms with Crippen LogP contribution < -0.4 is 5.32 Å². The van der Waals surface area contributed by atoms with E-state index < -0.39 is 0 Å². The Bertz CT molecular complexity index is 897. The minimum absolute atomic E-state index is 0.0985. The molecule has 3 rings (SSSR count). The van der Waals surface area contributed by atoms with E-state index in [-0.39, 0.29) is 11.7 Å². The lowest BCUT2D eigenvalue weighted by Gasteiger charge is -2.08. The van der Waals surface area contributed by atoms with Crippen molar-refractivity contribution in [3.8, 4) is 17.2 Å². The van der Waals surface area contributed by atoms with Crippen molar-refractivity contribution in [3.05, 3.63) is 41.5 Å². The molecule has 0 atom stereocenters. The highest BCUT2D eigenvalue weighted by Crippen LogP contribution is 2.36. The number of rotatable bonds is 3. The summed E-state index contributed by atoms with van der Waals surface area (Å²) in [6.07, 6.45) is 0.917. The summed E-state index contributed by atoms with van der Waals surface area (Å²) >= 11 is 0. The quantitative estimate of drug-likeness (QED) is 0.716. The summed E-state index contributed by atoms with van der Waals surface area (Å²) in [5, 5.41) is 13.0. The number of hydrogen-bond donors (Lipinski definition) is 2. The van der Waals surface area contributed by atoms with Crippen molar-refractivity contribution in [2.24, 2.45) is 0 Å². The third-order valence-corrected chi connectivity index (χ3v) is 3.71.